The third kappa shape index (κ3) is 4.93. The van der Waals surface area contributed by atoms with Gasteiger partial charge in [-0.1, -0.05) is 12.0 Å². The highest BCUT2D eigenvalue weighted by Gasteiger charge is 2.24. The normalized spacial score (nSPS) is 16.1. The van der Waals surface area contributed by atoms with Crippen LogP contribution in [-0.4, -0.2) is 24.3 Å². The number of carbonyl (C=O) groups excluding carboxylic acids is 1. The molecule has 0 radical (unpaired) electrons. The predicted octanol–water partition coefficient (Wildman–Crippen LogP) is 4.13. The van der Waals surface area contributed by atoms with E-state index in [4.69, 9.17) is 15.9 Å². The number of amidine groups is 1. The number of hydrogen-bond acceptors (Lipinski definition) is 5. The lowest BCUT2D eigenvalue weighted by molar-refractivity contribution is -0.115. The average Bonchev–Trinajstić information content (AvgIpc) is 3.02. The molecule has 142 valence electrons. The number of terminal acetylenes is 1. The topological polar surface area (TPSA) is 59.9 Å². The van der Waals surface area contributed by atoms with E-state index in [2.05, 4.69) is 16.2 Å². The molecule has 7 heteroatoms. The van der Waals surface area contributed by atoms with Crippen LogP contribution in [0.15, 0.2) is 52.4 Å². The fourth-order valence-electron chi connectivity index (χ4n) is 2.39. The molecule has 2 aromatic carbocycles. The van der Waals surface area contributed by atoms with Gasteiger partial charge >= 0.3 is 0 Å². The van der Waals surface area contributed by atoms with Crippen molar-refractivity contribution in [2.75, 3.05) is 13.2 Å². The second-order valence-corrected chi connectivity index (χ2v) is 6.62. The summed E-state index contributed by atoms with van der Waals surface area (Å²) in [6.45, 7) is 2.48. The molecular formula is C21H17FN2O3S. The number of rotatable bonds is 6. The van der Waals surface area contributed by atoms with Gasteiger partial charge in [0, 0.05) is 0 Å². The molecule has 2 aromatic rings. The van der Waals surface area contributed by atoms with Crippen molar-refractivity contribution >= 4 is 34.6 Å². The standard InChI is InChI=1S/C21H17FN2O3S/c1-3-11-27-17-10-5-14(12-18(17)26-4-2)13-19-20(25)24-21(28-19)23-16-8-6-15(22)7-9-16/h1,5-10,12-13H,4,11H2,2H3,(H,23,24,25)/b19-13-. The Kier molecular flexibility index (Phi) is 6.35. The van der Waals surface area contributed by atoms with E-state index in [9.17, 15) is 9.18 Å². The van der Waals surface area contributed by atoms with Crippen LogP contribution >= 0.6 is 11.8 Å². The van der Waals surface area contributed by atoms with Gasteiger partial charge in [0.1, 0.15) is 12.4 Å². The number of nitrogens with one attached hydrogen (secondary N) is 1. The summed E-state index contributed by atoms with van der Waals surface area (Å²) in [4.78, 5) is 17.0. The van der Waals surface area contributed by atoms with Gasteiger partial charge in [0.15, 0.2) is 16.7 Å². The summed E-state index contributed by atoms with van der Waals surface area (Å²) >= 11 is 1.21. The van der Waals surface area contributed by atoms with Crippen molar-refractivity contribution in [1.82, 2.24) is 5.32 Å². The van der Waals surface area contributed by atoms with Gasteiger partial charge in [-0.15, -0.1) is 6.42 Å². The van der Waals surface area contributed by atoms with Crippen LogP contribution in [0.25, 0.3) is 6.08 Å². The summed E-state index contributed by atoms with van der Waals surface area (Å²) in [7, 11) is 0. The first kappa shape index (κ1) is 19.5. The summed E-state index contributed by atoms with van der Waals surface area (Å²) in [5.74, 6) is 2.92. The lowest BCUT2D eigenvalue weighted by Crippen LogP contribution is -2.19. The highest BCUT2D eigenvalue weighted by molar-refractivity contribution is 8.18. The Labute approximate surface area is 166 Å². The second kappa shape index (κ2) is 9.11. The molecule has 3 rings (SSSR count). The quantitative estimate of drug-likeness (QED) is 0.589. The van der Waals surface area contributed by atoms with E-state index in [0.717, 1.165) is 5.56 Å². The molecule has 1 N–H and O–H groups in total. The summed E-state index contributed by atoms with van der Waals surface area (Å²) in [6.07, 6.45) is 6.96. The molecule has 0 bridgehead atoms. The second-order valence-electron chi connectivity index (χ2n) is 5.59. The minimum absolute atomic E-state index is 0.141. The Balaban J connectivity index is 1.81. The van der Waals surface area contributed by atoms with Crippen LogP contribution in [0.5, 0.6) is 11.5 Å². The van der Waals surface area contributed by atoms with Crippen LogP contribution in [-0.2, 0) is 4.79 Å². The SMILES string of the molecule is C#CCOc1ccc(/C=C2\SC(=Nc3ccc(F)cc3)NC2=O)cc1OCC. The molecule has 28 heavy (non-hydrogen) atoms. The average molecular weight is 396 g/mol. The lowest BCUT2D eigenvalue weighted by atomic mass is 10.2. The summed E-state index contributed by atoms with van der Waals surface area (Å²) in [5.41, 5.74) is 1.33. The van der Waals surface area contributed by atoms with E-state index < -0.39 is 0 Å². The molecule has 0 aliphatic carbocycles. The van der Waals surface area contributed by atoms with E-state index in [1.165, 1.54) is 23.9 Å². The number of halogens is 1. The molecule has 1 aliphatic rings. The number of thioether (sulfide) groups is 1. The Bertz CT molecular complexity index is 978. The van der Waals surface area contributed by atoms with E-state index in [-0.39, 0.29) is 18.3 Å². The van der Waals surface area contributed by atoms with Crippen molar-refractivity contribution in [3.05, 3.63) is 58.8 Å². The van der Waals surface area contributed by atoms with Crippen molar-refractivity contribution in [2.45, 2.75) is 6.92 Å². The minimum atomic E-state index is -0.340. The maximum atomic E-state index is 13.0. The summed E-state index contributed by atoms with van der Waals surface area (Å²) in [6, 6.07) is 11.1. The number of benzene rings is 2. The molecule has 1 amide bonds. The van der Waals surface area contributed by atoms with Crippen LogP contribution in [0.4, 0.5) is 10.1 Å². The highest BCUT2D eigenvalue weighted by Crippen LogP contribution is 2.32. The number of hydrogen-bond donors (Lipinski definition) is 1. The molecular weight excluding hydrogens is 379 g/mol. The number of amides is 1. The van der Waals surface area contributed by atoms with Gasteiger partial charge in [0.25, 0.3) is 5.91 Å². The lowest BCUT2D eigenvalue weighted by Gasteiger charge is -2.11. The first-order chi connectivity index (χ1) is 13.6. The molecule has 0 aromatic heterocycles. The number of carbonyl (C=O) groups is 1. The first-order valence-electron chi connectivity index (χ1n) is 8.47. The third-order valence-corrected chi connectivity index (χ3v) is 4.49. The van der Waals surface area contributed by atoms with Crippen LogP contribution in [0.2, 0.25) is 0 Å². The molecule has 0 spiro atoms. The van der Waals surface area contributed by atoms with Crippen LogP contribution in [0, 0.1) is 18.2 Å². The number of aliphatic imine (C=N–C) groups is 1. The van der Waals surface area contributed by atoms with Gasteiger partial charge in [-0.3, -0.25) is 4.79 Å². The van der Waals surface area contributed by atoms with Crippen molar-refractivity contribution < 1.29 is 18.7 Å². The van der Waals surface area contributed by atoms with E-state index in [1.54, 1.807) is 30.3 Å². The monoisotopic (exact) mass is 396 g/mol. The van der Waals surface area contributed by atoms with Gasteiger partial charge in [-0.2, -0.15) is 0 Å². The summed E-state index contributed by atoms with van der Waals surface area (Å²) < 4.78 is 24.0. The zero-order valence-electron chi connectivity index (χ0n) is 15.1. The summed E-state index contributed by atoms with van der Waals surface area (Å²) in [5, 5.41) is 3.13. The first-order valence-corrected chi connectivity index (χ1v) is 9.29. The molecule has 5 nitrogen and oxygen atoms in total. The maximum Gasteiger partial charge on any atom is 0.264 e. The Morgan fingerprint density at radius 1 is 1.21 bits per heavy atom. The van der Waals surface area contributed by atoms with E-state index in [1.807, 2.05) is 13.0 Å². The molecule has 1 saturated heterocycles. The minimum Gasteiger partial charge on any atom is -0.490 e. The largest absolute Gasteiger partial charge is 0.490 e. The van der Waals surface area contributed by atoms with Crippen molar-refractivity contribution in [3.63, 3.8) is 0 Å². The highest BCUT2D eigenvalue weighted by atomic mass is 32.2. The van der Waals surface area contributed by atoms with Crippen molar-refractivity contribution in [1.29, 1.82) is 0 Å². The Morgan fingerprint density at radius 2 is 2.00 bits per heavy atom. The van der Waals surface area contributed by atoms with Crippen molar-refractivity contribution in [2.24, 2.45) is 4.99 Å². The molecule has 1 heterocycles. The van der Waals surface area contributed by atoms with Gasteiger partial charge in [0.2, 0.25) is 0 Å². The van der Waals surface area contributed by atoms with Crippen LogP contribution in [0.3, 0.4) is 0 Å². The molecule has 1 aliphatic heterocycles. The number of nitrogens with zero attached hydrogens (tertiary/aromatic N) is 1. The molecule has 1 fully saturated rings. The van der Waals surface area contributed by atoms with E-state index in [0.29, 0.717) is 33.9 Å². The molecule has 0 unspecified atom stereocenters. The van der Waals surface area contributed by atoms with Crippen molar-refractivity contribution in [3.8, 4) is 23.8 Å². The predicted molar refractivity (Wildman–Crippen MR) is 109 cm³/mol. The number of ether oxygens (including phenoxy) is 2. The zero-order valence-corrected chi connectivity index (χ0v) is 15.9. The fourth-order valence-corrected chi connectivity index (χ4v) is 3.23. The van der Waals surface area contributed by atoms with Gasteiger partial charge in [-0.25, -0.2) is 9.38 Å². The zero-order chi connectivity index (χ0) is 19.9. The Hall–Kier alpha value is -3.24. The third-order valence-electron chi connectivity index (χ3n) is 3.58. The maximum absolute atomic E-state index is 13.0. The van der Waals surface area contributed by atoms with Gasteiger partial charge in [-0.05, 0) is 66.7 Å². The fraction of sp³-hybridized carbons (Fsp3) is 0.143. The molecule has 0 saturated carbocycles. The molecule has 0 atom stereocenters. The van der Waals surface area contributed by atoms with E-state index >= 15 is 0 Å². The smallest absolute Gasteiger partial charge is 0.264 e. The Morgan fingerprint density at radius 3 is 2.71 bits per heavy atom. The van der Waals surface area contributed by atoms with Gasteiger partial charge in [0.05, 0.1) is 17.2 Å². The van der Waals surface area contributed by atoms with Crippen LogP contribution < -0.4 is 14.8 Å². The van der Waals surface area contributed by atoms with Crippen LogP contribution in [0.1, 0.15) is 12.5 Å². The van der Waals surface area contributed by atoms with Gasteiger partial charge < -0.3 is 14.8 Å².